The lowest BCUT2D eigenvalue weighted by Crippen LogP contribution is -2.60. The fourth-order valence-corrected chi connectivity index (χ4v) is 2.18. The Morgan fingerprint density at radius 1 is 1.44 bits per heavy atom. The summed E-state index contributed by atoms with van der Waals surface area (Å²) >= 11 is 0. The second kappa shape index (κ2) is 7.07. The molecule has 18 heavy (non-hydrogen) atoms. The topological polar surface area (TPSA) is 64.6 Å². The van der Waals surface area contributed by atoms with Crippen LogP contribution in [-0.4, -0.2) is 60.3 Å². The third-order valence-corrected chi connectivity index (χ3v) is 3.55. The predicted molar refractivity (Wildman–Crippen MR) is 72.4 cm³/mol. The van der Waals surface area contributed by atoms with E-state index in [9.17, 15) is 4.79 Å². The van der Waals surface area contributed by atoms with Gasteiger partial charge in [-0.25, -0.2) is 0 Å². The van der Waals surface area contributed by atoms with E-state index < -0.39 is 5.54 Å². The Labute approximate surface area is 110 Å². The van der Waals surface area contributed by atoms with Crippen LogP contribution < -0.4 is 10.6 Å². The van der Waals surface area contributed by atoms with Gasteiger partial charge in [0.25, 0.3) is 0 Å². The Hall–Kier alpha value is -0.650. The molecule has 1 rings (SSSR count). The molecule has 1 aliphatic rings. The lowest BCUT2D eigenvalue weighted by atomic mass is 10.0. The van der Waals surface area contributed by atoms with Gasteiger partial charge in [0.2, 0.25) is 5.91 Å². The van der Waals surface area contributed by atoms with E-state index in [1.54, 1.807) is 6.92 Å². The molecule has 5 heteroatoms. The zero-order valence-corrected chi connectivity index (χ0v) is 11.8. The first-order valence-electron chi connectivity index (χ1n) is 6.86. The van der Waals surface area contributed by atoms with Crippen molar-refractivity contribution in [2.24, 2.45) is 0 Å². The van der Waals surface area contributed by atoms with Gasteiger partial charge in [0.05, 0.1) is 11.6 Å². The van der Waals surface area contributed by atoms with Crippen LogP contribution in [0.3, 0.4) is 0 Å². The van der Waals surface area contributed by atoms with E-state index in [2.05, 4.69) is 15.5 Å². The average Bonchev–Trinajstić information content (AvgIpc) is 2.35. The average molecular weight is 257 g/mol. The van der Waals surface area contributed by atoms with Gasteiger partial charge >= 0.3 is 0 Å². The minimum Gasteiger partial charge on any atom is -0.393 e. The van der Waals surface area contributed by atoms with Crippen molar-refractivity contribution < 1.29 is 9.90 Å². The van der Waals surface area contributed by atoms with E-state index in [0.717, 1.165) is 39.0 Å². The van der Waals surface area contributed by atoms with Crippen LogP contribution >= 0.6 is 0 Å². The number of aliphatic hydroxyl groups is 1. The molecule has 1 fully saturated rings. The Kier molecular flexibility index (Phi) is 6.05. The summed E-state index contributed by atoms with van der Waals surface area (Å²) in [4.78, 5) is 14.4. The van der Waals surface area contributed by atoms with Crippen LogP contribution in [0, 0.1) is 0 Å². The summed E-state index contributed by atoms with van der Waals surface area (Å²) in [5, 5.41) is 15.4. The number of nitrogens with one attached hydrogen (secondary N) is 2. The van der Waals surface area contributed by atoms with Crippen LogP contribution in [0.4, 0.5) is 0 Å². The minimum atomic E-state index is -0.451. The molecule has 106 valence electrons. The van der Waals surface area contributed by atoms with E-state index >= 15 is 0 Å². The van der Waals surface area contributed by atoms with Crippen LogP contribution in [0.5, 0.6) is 0 Å². The number of carbonyl (C=O) groups excluding carboxylic acids is 1. The van der Waals surface area contributed by atoms with E-state index in [0.29, 0.717) is 6.54 Å². The molecule has 1 saturated heterocycles. The summed E-state index contributed by atoms with van der Waals surface area (Å²) in [6.07, 6.45) is 1.26. The number of aliphatic hydroxyl groups excluding tert-OH is 1. The Morgan fingerprint density at radius 3 is 2.61 bits per heavy atom. The van der Waals surface area contributed by atoms with Crippen molar-refractivity contribution in [3.8, 4) is 0 Å². The Bertz CT molecular complexity index is 261. The highest BCUT2D eigenvalue weighted by Crippen LogP contribution is 2.15. The van der Waals surface area contributed by atoms with Crippen molar-refractivity contribution in [2.75, 3.05) is 32.7 Å². The molecule has 1 unspecified atom stereocenters. The lowest BCUT2D eigenvalue weighted by Gasteiger charge is -2.39. The van der Waals surface area contributed by atoms with Crippen molar-refractivity contribution in [1.82, 2.24) is 15.5 Å². The van der Waals surface area contributed by atoms with Crippen molar-refractivity contribution >= 4 is 5.91 Å². The van der Waals surface area contributed by atoms with E-state index in [1.165, 1.54) is 0 Å². The van der Waals surface area contributed by atoms with Gasteiger partial charge in [-0.05, 0) is 33.6 Å². The van der Waals surface area contributed by atoms with Gasteiger partial charge in [-0.3, -0.25) is 9.69 Å². The Balaban J connectivity index is 2.33. The summed E-state index contributed by atoms with van der Waals surface area (Å²) in [5.41, 5.74) is -0.451. The molecule has 0 aliphatic carbocycles. The molecule has 3 N–H and O–H groups in total. The van der Waals surface area contributed by atoms with Crippen LogP contribution in [0.2, 0.25) is 0 Å². The third kappa shape index (κ3) is 4.55. The van der Waals surface area contributed by atoms with Crippen molar-refractivity contribution in [2.45, 2.75) is 45.3 Å². The fourth-order valence-electron chi connectivity index (χ4n) is 2.18. The molecule has 0 radical (unpaired) electrons. The molecule has 0 saturated carbocycles. The fraction of sp³-hybridized carbons (Fsp3) is 0.923. The van der Waals surface area contributed by atoms with Crippen LogP contribution in [-0.2, 0) is 4.79 Å². The van der Waals surface area contributed by atoms with Crippen molar-refractivity contribution in [3.05, 3.63) is 0 Å². The summed E-state index contributed by atoms with van der Waals surface area (Å²) in [6.45, 7) is 10.1. The molecule has 1 aliphatic heterocycles. The van der Waals surface area contributed by atoms with E-state index in [-0.39, 0.29) is 12.0 Å². The largest absolute Gasteiger partial charge is 0.393 e. The first-order chi connectivity index (χ1) is 8.44. The number of hydrogen-bond donors (Lipinski definition) is 3. The predicted octanol–water partition coefficient (Wildman–Crippen LogP) is -0.0526. The SMILES string of the molecule is CC(O)CCCNC(=O)C(C)(C)N1CCNCC1. The second-order valence-corrected chi connectivity index (χ2v) is 5.54. The van der Waals surface area contributed by atoms with Crippen LogP contribution in [0.15, 0.2) is 0 Å². The van der Waals surface area contributed by atoms with Gasteiger partial charge in [0, 0.05) is 32.7 Å². The molecular weight excluding hydrogens is 230 g/mol. The number of hydrogen-bond acceptors (Lipinski definition) is 4. The van der Waals surface area contributed by atoms with Gasteiger partial charge in [-0.1, -0.05) is 0 Å². The molecule has 1 heterocycles. The number of nitrogens with zero attached hydrogens (tertiary/aromatic N) is 1. The zero-order chi connectivity index (χ0) is 13.6. The maximum atomic E-state index is 12.2. The van der Waals surface area contributed by atoms with Crippen LogP contribution in [0.25, 0.3) is 0 Å². The quantitative estimate of drug-likeness (QED) is 0.584. The Morgan fingerprint density at radius 2 is 2.06 bits per heavy atom. The highest BCUT2D eigenvalue weighted by Gasteiger charge is 2.34. The van der Waals surface area contributed by atoms with Gasteiger partial charge in [0.15, 0.2) is 0 Å². The van der Waals surface area contributed by atoms with Gasteiger partial charge in [-0.2, -0.15) is 0 Å². The molecule has 5 nitrogen and oxygen atoms in total. The van der Waals surface area contributed by atoms with Crippen molar-refractivity contribution in [1.29, 1.82) is 0 Å². The van der Waals surface area contributed by atoms with Crippen molar-refractivity contribution in [3.63, 3.8) is 0 Å². The monoisotopic (exact) mass is 257 g/mol. The molecule has 0 spiro atoms. The standard InChI is InChI=1S/C13H27N3O2/c1-11(17)5-4-6-15-12(18)13(2,3)16-9-7-14-8-10-16/h11,14,17H,4-10H2,1-3H3,(H,15,18). The van der Waals surface area contributed by atoms with Gasteiger partial charge in [-0.15, -0.1) is 0 Å². The molecule has 0 aromatic carbocycles. The van der Waals surface area contributed by atoms with E-state index in [4.69, 9.17) is 5.11 Å². The van der Waals surface area contributed by atoms with Gasteiger partial charge < -0.3 is 15.7 Å². The summed E-state index contributed by atoms with van der Waals surface area (Å²) in [7, 11) is 0. The lowest BCUT2D eigenvalue weighted by molar-refractivity contribution is -0.132. The molecule has 1 amide bonds. The molecule has 0 aromatic heterocycles. The van der Waals surface area contributed by atoms with E-state index in [1.807, 2.05) is 13.8 Å². The molecule has 0 bridgehead atoms. The highest BCUT2D eigenvalue weighted by molar-refractivity contribution is 5.85. The smallest absolute Gasteiger partial charge is 0.239 e. The molecule has 1 atom stereocenters. The summed E-state index contributed by atoms with van der Waals surface area (Å²) in [6, 6.07) is 0. The third-order valence-electron chi connectivity index (χ3n) is 3.55. The normalized spacial score (nSPS) is 19.6. The highest BCUT2D eigenvalue weighted by atomic mass is 16.3. The number of piperazine rings is 1. The number of rotatable bonds is 6. The maximum Gasteiger partial charge on any atom is 0.239 e. The minimum absolute atomic E-state index is 0.0787. The van der Waals surface area contributed by atoms with Crippen LogP contribution in [0.1, 0.15) is 33.6 Å². The summed E-state index contributed by atoms with van der Waals surface area (Å²) < 4.78 is 0. The maximum absolute atomic E-state index is 12.2. The first kappa shape index (κ1) is 15.4. The molecule has 0 aromatic rings. The number of carbonyl (C=O) groups is 1. The summed E-state index contributed by atoms with van der Waals surface area (Å²) in [5.74, 6) is 0.0787. The zero-order valence-electron chi connectivity index (χ0n) is 11.8. The second-order valence-electron chi connectivity index (χ2n) is 5.54. The molecular formula is C13H27N3O2. The van der Waals surface area contributed by atoms with Gasteiger partial charge in [0.1, 0.15) is 0 Å². The first-order valence-corrected chi connectivity index (χ1v) is 6.86. The number of amides is 1.